The van der Waals surface area contributed by atoms with Gasteiger partial charge in [-0.3, -0.25) is 14.5 Å². The third kappa shape index (κ3) is 5.34. The average Bonchev–Trinajstić information content (AvgIpc) is 3.43. The van der Waals surface area contributed by atoms with E-state index in [9.17, 15) is 18.0 Å². The predicted molar refractivity (Wildman–Crippen MR) is 132 cm³/mol. The van der Waals surface area contributed by atoms with Gasteiger partial charge in [-0.05, 0) is 43.7 Å². The van der Waals surface area contributed by atoms with E-state index < -0.39 is 18.0 Å². The van der Waals surface area contributed by atoms with Gasteiger partial charge in [-0.1, -0.05) is 36.5 Å². The Morgan fingerprint density at radius 2 is 1.97 bits per heavy atom. The van der Waals surface area contributed by atoms with Crippen LogP contribution in [-0.4, -0.2) is 41.9 Å². The summed E-state index contributed by atoms with van der Waals surface area (Å²) in [6.45, 7) is 3.74. The fourth-order valence-corrected chi connectivity index (χ4v) is 4.87. The van der Waals surface area contributed by atoms with Crippen LogP contribution >= 0.6 is 11.6 Å². The van der Waals surface area contributed by atoms with Gasteiger partial charge in [0.2, 0.25) is 11.8 Å². The molecule has 0 amide bonds. The number of alkyl halides is 3. The molecule has 0 bridgehead atoms. The number of pyridine rings is 2. The number of nitrogens with one attached hydrogen (secondary N) is 2. The van der Waals surface area contributed by atoms with Crippen molar-refractivity contribution in [3.05, 3.63) is 40.1 Å². The van der Waals surface area contributed by atoms with Crippen LogP contribution in [0, 0.1) is 11.8 Å². The molecule has 0 aliphatic heterocycles. The van der Waals surface area contributed by atoms with Crippen molar-refractivity contribution in [1.29, 1.82) is 0 Å². The first kappa shape index (κ1) is 25.2. The predicted octanol–water partition coefficient (Wildman–Crippen LogP) is 5.68. The highest BCUT2D eigenvalue weighted by Gasteiger charge is 2.37. The summed E-state index contributed by atoms with van der Waals surface area (Å²) in [5.41, 5.74) is 2.09. The monoisotopic (exact) mass is 535 g/mol. The summed E-state index contributed by atoms with van der Waals surface area (Å²) in [4.78, 5) is 27.4. The van der Waals surface area contributed by atoms with Crippen LogP contribution in [0.25, 0.3) is 33.8 Å². The van der Waals surface area contributed by atoms with Gasteiger partial charge in [0.15, 0.2) is 0 Å². The summed E-state index contributed by atoms with van der Waals surface area (Å²) in [7, 11) is 0. The van der Waals surface area contributed by atoms with E-state index in [1.807, 2.05) is 0 Å². The lowest BCUT2D eigenvalue weighted by atomic mass is 9.83. The summed E-state index contributed by atoms with van der Waals surface area (Å²) < 4.78 is 46.9. The molecule has 0 radical (unpaired) electrons. The highest BCUT2D eigenvalue weighted by atomic mass is 35.5. The van der Waals surface area contributed by atoms with Gasteiger partial charge in [0.25, 0.3) is 0 Å². The number of imidazole rings is 1. The van der Waals surface area contributed by atoms with E-state index >= 15 is 0 Å². The van der Waals surface area contributed by atoms with E-state index in [-0.39, 0.29) is 23.4 Å². The van der Waals surface area contributed by atoms with Crippen molar-refractivity contribution in [2.24, 2.45) is 11.8 Å². The van der Waals surface area contributed by atoms with Gasteiger partial charge in [-0.15, -0.1) is 0 Å². The van der Waals surface area contributed by atoms with Gasteiger partial charge in [-0.25, -0.2) is 14.8 Å². The second-order valence-corrected chi connectivity index (χ2v) is 10.1. The molecule has 1 saturated carbocycles. The molecule has 196 valence electrons. The smallest absolute Gasteiger partial charge is 0.344 e. The first-order valence-corrected chi connectivity index (χ1v) is 12.4. The summed E-state index contributed by atoms with van der Waals surface area (Å²) in [6.07, 6.45) is 2.63. The molecule has 4 heterocycles. The Morgan fingerprint density at radius 1 is 1.22 bits per heavy atom. The molecular weight excluding hydrogens is 511 g/mol. The van der Waals surface area contributed by atoms with E-state index in [0.29, 0.717) is 39.8 Å². The average molecular weight is 536 g/mol. The van der Waals surface area contributed by atoms with E-state index in [1.165, 1.54) is 6.20 Å². The summed E-state index contributed by atoms with van der Waals surface area (Å²) in [5, 5.41) is 6.63. The van der Waals surface area contributed by atoms with Crippen molar-refractivity contribution in [3.63, 3.8) is 0 Å². The molecule has 0 spiro atoms. The van der Waals surface area contributed by atoms with Crippen molar-refractivity contribution < 1.29 is 17.7 Å². The number of rotatable bonds is 6. The third-order valence-corrected chi connectivity index (χ3v) is 7.01. The maximum Gasteiger partial charge on any atom is 0.439 e. The lowest BCUT2D eigenvalue weighted by molar-refractivity contribution is -0.138. The Hall–Kier alpha value is -3.41. The molecular formula is C24H25ClF3N7O2. The van der Waals surface area contributed by atoms with Crippen molar-refractivity contribution >= 4 is 28.6 Å². The SMILES string of the molecule is CC1CCC(Cn2c(NC(C)C(F)(F)F)nc3cc(-c4noc(=O)[nH]4)nc(-c4cncc(Cl)c4)c32)CC1. The van der Waals surface area contributed by atoms with Gasteiger partial charge in [-0.2, -0.15) is 13.2 Å². The fourth-order valence-electron chi connectivity index (χ4n) is 4.69. The molecule has 37 heavy (non-hydrogen) atoms. The van der Waals surface area contributed by atoms with Gasteiger partial charge >= 0.3 is 11.9 Å². The second kappa shape index (κ2) is 9.81. The van der Waals surface area contributed by atoms with Crippen LogP contribution in [0.5, 0.6) is 0 Å². The number of hydrogen-bond donors (Lipinski definition) is 2. The largest absolute Gasteiger partial charge is 0.439 e. The van der Waals surface area contributed by atoms with Crippen LogP contribution in [0.1, 0.15) is 39.5 Å². The lowest BCUT2D eigenvalue weighted by Gasteiger charge is -2.28. The summed E-state index contributed by atoms with van der Waals surface area (Å²) >= 11 is 6.21. The van der Waals surface area contributed by atoms with Gasteiger partial charge in [0, 0.05) is 24.5 Å². The van der Waals surface area contributed by atoms with Gasteiger partial charge in [0.05, 0.1) is 21.7 Å². The maximum atomic E-state index is 13.5. The van der Waals surface area contributed by atoms with Crippen LogP contribution in [0.3, 0.4) is 0 Å². The van der Waals surface area contributed by atoms with Crippen molar-refractivity contribution in [3.8, 4) is 22.8 Å². The Kier molecular flexibility index (Phi) is 6.69. The van der Waals surface area contributed by atoms with Crippen LogP contribution in [0.4, 0.5) is 19.1 Å². The quantitative estimate of drug-likeness (QED) is 0.326. The van der Waals surface area contributed by atoms with Crippen molar-refractivity contribution in [2.75, 3.05) is 5.32 Å². The van der Waals surface area contributed by atoms with Gasteiger partial charge in [0.1, 0.15) is 11.7 Å². The van der Waals surface area contributed by atoms with Crippen molar-refractivity contribution in [2.45, 2.75) is 58.3 Å². The van der Waals surface area contributed by atoms with E-state index in [4.69, 9.17) is 16.6 Å². The van der Waals surface area contributed by atoms with Crippen molar-refractivity contribution in [1.82, 2.24) is 29.7 Å². The van der Waals surface area contributed by atoms with Crippen LogP contribution in [0.2, 0.25) is 5.02 Å². The Balaban J connectivity index is 1.72. The number of nitrogens with zero attached hydrogens (tertiary/aromatic N) is 5. The Morgan fingerprint density at radius 3 is 2.62 bits per heavy atom. The van der Waals surface area contributed by atoms with Crippen LogP contribution < -0.4 is 11.1 Å². The number of halogens is 4. The molecule has 9 nitrogen and oxygen atoms in total. The Bertz CT molecular complexity index is 1470. The minimum Gasteiger partial charge on any atom is -0.344 e. The normalized spacial score (nSPS) is 19.3. The zero-order valence-corrected chi connectivity index (χ0v) is 20.9. The molecule has 0 aromatic carbocycles. The minimum absolute atomic E-state index is 0.0668. The number of aromatic amines is 1. The third-order valence-electron chi connectivity index (χ3n) is 6.80. The molecule has 13 heteroatoms. The first-order valence-electron chi connectivity index (χ1n) is 12.0. The molecule has 1 unspecified atom stereocenters. The molecule has 4 aromatic heterocycles. The fraction of sp³-hybridized carbons (Fsp3) is 0.458. The van der Waals surface area contributed by atoms with Crippen LogP contribution in [-0.2, 0) is 6.54 Å². The molecule has 4 aromatic rings. The molecule has 1 fully saturated rings. The number of H-pyrrole nitrogens is 1. The standard InChI is InChI=1S/C24H25ClF3N7O2/c1-12-3-5-14(6-4-12)11-35-20-17(32-22(35)30-13(2)24(26,27)28)8-18(21-33-23(36)37-34-21)31-19(20)15-7-16(25)10-29-9-15/h7-10,12-14H,3-6,11H2,1-2H3,(H,30,32)(H,33,34,36). The van der Waals surface area contributed by atoms with Gasteiger partial charge < -0.3 is 9.88 Å². The zero-order chi connectivity index (χ0) is 26.3. The highest BCUT2D eigenvalue weighted by molar-refractivity contribution is 6.30. The van der Waals surface area contributed by atoms with E-state index in [1.54, 1.807) is 22.9 Å². The topological polar surface area (TPSA) is 115 Å². The molecule has 1 aliphatic rings. The number of fused-ring (bicyclic) bond motifs is 1. The summed E-state index contributed by atoms with van der Waals surface area (Å²) in [5.74, 6) is 0.286. The molecule has 0 saturated heterocycles. The summed E-state index contributed by atoms with van der Waals surface area (Å²) in [6, 6.07) is 1.40. The zero-order valence-electron chi connectivity index (χ0n) is 20.1. The number of hydrogen-bond acceptors (Lipinski definition) is 7. The Labute approximate surface area is 214 Å². The maximum absolute atomic E-state index is 13.5. The molecule has 1 atom stereocenters. The van der Waals surface area contributed by atoms with E-state index in [0.717, 1.165) is 32.6 Å². The highest BCUT2D eigenvalue weighted by Crippen LogP contribution is 2.37. The first-order chi connectivity index (χ1) is 17.6. The lowest BCUT2D eigenvalue weighted by Crippen LogP contribution is -2.34. The van der Waals surface area contributed by atoms with Crippen LogP contribution in [0.15, 0.2) is 33.8 Å². The minimum atomic E-state index is -4.47. The second-order valence-electron chi connectivity index (χ2n) is 9.64. The molecule has 1 aliphatic carbocycles. The number of aromatic nitrogens is 6. The van der Waals surface area contributed by atoms with E-state index in [2.05, 4.69) is 36.9 Å². The molecule has 5 rings (SSSR count). The molecule has 2 N–H and O–H groups in total. The number of anilines is 1.